The number of carbonyl (C=O) groups excluding carboxylic acids is 2. The van der Waals surface area contributed by atoms with Crippen molar-refractivity contribution in [3.05, 3.63) is 41.8 Å². The Labute approximate surface area is 184 Å². The normalized spacial score (nSPS) is 21.5. The number of benzene rings is 1. The number of nitrogens with two attached hydrogens (primary N) is 1. The van der Waals surface area contributed by atoms with Gasteiger partial charge in [0.25, 0.3) is 5.91 Å². The highest BCUT2D eigenvalue weighted by Crippen LogP contribution is 2.45. The van der Waals surface area contributed by atoms with E-state index >= 15 is 0 Å². The summed E-state index contributed by atoms with van der Waals surface area (Å²) >= 11 is 0. The molecule has 1 aliphatic heterocycles. The smallest absolute Gasteiger partial charge is 0.409 e. The minimum Gasteiger partial charge on any atom is -0.449 e. The fourth-order valence-electron chi connectivity index (χ4n) is 3.71. The van der Waals surface area contributed by atoms with Gasteiger partial charge in [-0.25, -0.2) is 9.18 Å². The van der Waals surface area contributed by atoms with Gasteiger partial charge in [-0.1, -0.05) is 6.92 Å². The summed E-state index contributed by atoms with van der Waals surface area (Å²) in [5.74, 6) is -1.29. The van der Waals surface area contributed by atoms with E-state index in [9.17, 15) is 19.2 Å². The van der Waals surface area contributed by atoms with E-state index in [1.807, 2.05) is 0 Å². The molecule has 2 amide bonds. The molecule has 2 atom stereocenters. The first-order chi connectivity index (χ1) is 15.3. The van der Waals surface area contributed by atoms with Crippen molar-refractivity contribution >= 4 is 23.5 Å². The van der Waals surface area contributed by atoms with Gasteiger partial charge in [0.2, 0.25) is 0 Å². The molecule has 2 fully saturated rings. The lowest BCUT2D eigenvalue weighted by Crippen LogP contribution is -2.45. The van der Waals surface area contributed by atoms with E-state index in [4.69, 9.17) is 10.5 Å². The molecular formula is C22H25FN6O3. The molecule has 2 aromatic rings. The molecule has 0 bridgehead atoms. The summed E-state index contributed by atoms with van der Waals surface area (Å²) in [7, 11) is 0. The molecule has 1 aromatic heterocycles. The zero-order valence-corrected chi connectivity index (χ0v) is 17.8. The number of carbonyl (C=O) groups is 2. The minimum absolute atomic E-state index is 0.0827. The number of piperidine rings is 1. The van der Waals surface area contributed by atoms with E-state index in [1.54, 1.807) is 4.90 Å². The Hall–Kier alpha value is -3.61. The molecule has 2 aliphatic rings. The third kappa shape index (κ3) is 4.66. The van der Waals surface area contributed by atoms with Crippen molar-refractivity contribution in [1.29, 1.82) is 5.26 Å². The molecule has 4 rings (SSSR count). The summed E-state index contributed by atoms with van der Waals surface area (Å²) in [5, 5.41) is 17.0. The van der Waals surface area contributed by atoms with Crippen LogP contribution in [-0.4, -0.2) is 46.4 Å². The molecule has 1 saturated carbocycles. The number of nitriles is 1. The van der Waals surface area contributed by atoms with Crippen LogP contribution in [-0.2, 0) is 4.74 Å². The molecule has 0 radical (unpaired) electrons. The molecule has 9 nitrogen and oxygen atoms in total. The first-order valence-corrected chi connectivity index (χ1v) is 10.5. The van der Waals surface area contributed by atoms with Crippen LogP contribution in [0.5, 0.6) is 0 Å². The average Bonchev–Trinajstić information content (AvgIpc) is 3.37. The maximum Gasteiger partial charge on any atom is 0.409 e. The quantitative estimate of drug-likeness (QED) is 0.710. The number of primary amides is 1. The van der Waals surface area contributed by atoms with Gasteiger partial charge >= 0.3 is 6.09 Å². The van der Waals surface area contributed by atoms with Gasteiger partial charge in [-0.15, -0.1) is 0 Å². The Morgan fingerprint density at radius 3 is 2.72 bits per heavy atom. The maximum absolute atomic E-state index is 13.2. The van der Waals surface area contributed by atoms with Crippen LogP contribution < -0.4 is 11.1 Å². The number of ether oxygens (including phenoxy) is 1. The minimum atomic E-state index is -0.695. The highest BCUT2D eigenvalue weighted by Gasteiger charge is 2.40. The second-order valence-corrected chi connectivity index (χ2v) is 8.77. The highest BCUT2D eigenvalue weighted by molar-refractivity contribution is 5.98. The predicted octanol–water partition coefficient (Wildman–Crippen LogP) is 3.19. The van der Waals surface area contributed by atoms with Crippen molar-refractivity contribution in [2.45, 2.75) is 32.2 Å². The summed E-state index contributed by atoms with van der Waals surface area (Å²) in [6.07, 6.45) is 3.62. The fourth-order valence-corrected chi connectivity index (χ4v) is 3.71. The number of nitrogens with one attached hydrogen (secondary N) is 1. The summed E-state index contributed by atoms with van der Waals surface area (Å²) in [4.78, 5) is 26.1. The number of hydrogen-bond acceptors (Lipinski definition) is 6. The molecule has 1 aromatic carbocycles. The molecule has 0 spiro atoms. The van der Waals surface area contributed by atoms with Crippen molar-refractivity contribution in [2.24, 2.45) is 17.1 Å². The standard InChI is InChI=1S/C22H25FN6O3/c1-22(7-8-22)13-32-21(31)28-9-6-14(10-24)18(12-28)29-11-17(19(25)30)20(27-29)26-16-4-2-15(23)3-5-16/h2-5,11,14,18H,6-9,12-13H2,1H3,(H2,25,30)(H,26,27)/t14-,18+/m1/s1. The van der Waals surface area contributed by atoms with Gasteiger partial charge in [-0.2, -0.15) is 10.4 Å². The van der Waals surface area contributed by atoms with Crippen molar-refractivity contribution in [3.63, 3.8) is 0 Å². The lowest BCUT2D eigenvalue weighted by atomic mass is 9.93. The molecule has 1 saturated heterocycles. The summed E-state index contributed by atoms with van der Waals surface area (Å²) in [6, 6.07) is 7.38. The molecule has 10 heteroatoms. The van der Waals surface area contributed by atoms with E-state index in [0.29, 0.717) is 25.3 Å². The largest absolute Gasteiger partial charge is 0.449 e. The Morgan fingerprint density at radius 1 is 1.38 bits per heavy atom. The number of likely N-dealkylation sites (tertiary alicyclic amines) is 1. The molecule has 168 valence electrons. The summed E-state index contributed by atoms with van der Waals surface area (Å²) in [5.41, 5.74) is 6.26. The van der Waals surface area contributed by atoms with Gasteiger partial charge in [0.05, 0.1) is 24.6 Å². The second kappa shape index (κ2) is 8.49. The van der Waals surface area contributed by atoms with Gasteiger partial charge in [0.1, 0.15) is 11.4 Å². The van der Waals surface area contributed by atoms with Crippen molar-refractivity contribution in [3.8, 4) is 6.07 Å². The molecule has 3 N–H and O–H groups in total. The Kier molecular flexibility index (Phi) is 5.74. The van der Waals surface area contributed by atoms with Crippen LogP contribution in [0.25, 0.3) is 0 Å². The van der Waals surface area contributed by atoms with E-state index in [0.717, 1.165) is 12.8 Å². The zero-order valence-electron chi connectivity index (χ0n) is 17.8. The third-order valence-corrected chi connectivity index (χ3v) is 6.10. The SMILES string of the molecule is CC1(COC(=O)N2CC[C@H](C#N)[C@@H](n3cc(C(N)=O)c(Nc4ccc(F)cc4)n3)C2)CC1. The van der Waals surface area contributed by atoms with Crippen LogP contribution in [0, 0.1) is 28.5 Å². The first kappa shape index (κ1) is 21.6. The number of aromatic nitrogens is 2. The molecular weight excluding hydrogens is 415 g/mol. The monoisotopic (exact) mass is 440 g/mol. The number of rotatable bonds is 6. The van der Waals surface area contributed by atoms with Crippen LogP contribution >= 0.6 is 0 Å². The van der Waals surface area contributed by atoms with Crippen LogP contribution in [0.4, 0.5) is 20.7 Å². The Bertz CT molecular complexity index is 1060. The number of amides is 2. The van der Waals surface area contributed by atoms with Crippen LogP contribution in [0.15, 0.2) is 30.5 Å². The van der Waals surface area contributed by atoms with Gasteiger partial charge in [-0.3, -0.25) is 9.48 Å². The van der Waals surface area contributed by atoms with Crippen LogP contribution in [0.1, 0.15) is 42.6 Å². The highest BCUT2D eigenvalue weighted by atomic mass is 19.1. The number of anilines is 2. The Balaban J connectivity index is 1.54. The van der Waals surface area contributed by atoms with E-state index < -0.39 is 29.8 Å². The Morgan fingerprint density at radius 2 is 2.09 bits per heavy atom. The van der Waals surface area contributed by atoms with Gasteiger partial charge in [0.15, 0.2) is 5.82 Å². The number of hydrogen-bond donors (Lipinski definition) is 2. The van der Waals surface area contributed by atoms with Crippen LogP contribution in [0.2, 0.25) is 0 Å². The summed E-state index contributed by atoms with van der Waals surface area (Å²) < 4.78 is 20.2. The van der Waals surface area contributed by atoms with Crippen molar-refractivity contribution in [2.75, 3.05) is 25.0 Å². The summed E-state index contributed by atoms with van der Waals surface area (Å²) in [6.45, 7) is 3.10. The van der Waals surface area contributed by atoms with Gasteiger partial charge in [-0.05, 0) is 43.5 Å². The van der Waals surface area contributed by atoms with Gasteiger partial charge in [0, 0.05) is 30.4 Å². The number of nitrogens with zero attached hydrogens (tertiary/aromatic N) is 4. The first-order valence-electron chi connectivity index (χ1n) is 10.5. The second-order valence-electron chi connectivity index (χ2n) is 8.77. The third-order valence-electron chi connectivity index (χ3n) is 6.10. The average molecular weight is 440 g/mol. The maximum atomic E-state index is 13.2. The molecule has 2 heterocycles. The topological polar surface area (TPSA) is 126 Å². The molecule has 0 unspecified atom stereocenters. The van der Waals surface area contributed by atoms with Crippen LogP contribution in [0.3, 0.4) is 0 Å². The molecule has 1 aliphatic carbocycles. The fraction of sp³-hybridized carbons (Fsp3) is 0.455. The number of halogens is 1. The van der Waals surface area contributed by atoms with Crippen molar-refractivity contribution in [1.82, 2.24) is 14.7 Å². The zero-order chi connectivity index (χ0) is 22.9. The van der Waals surface area contributed by atoms with E-state index in [1.165, 1.54) is 35.1 Å². The lowest BCUT2D eigenvalue weighted by Gasteiger charge is -2.35. The lowest BCUT2D eigenvalue weighted by molar-refractivity contribution is 0.0641. The van der Waals surface area contributed by atoms with Crippen molar-refractivity contribution < 1.29 is 18.7 Å². The molecule has 32 heavy (non-hydrogen) atoms. The van der Waals surface area contributed by atoms with Gasteiger partial charge < -0.3 is 20.7 Å². The predicted molar refractivity (Wildman–Crippen MR) is 113 cm³/mol. The van der Waals surface area contributed by atoms with E-state index in [-0.39, 0.29) is 23.3 Å². The van der Waals surface area contributed by atoms with E-state index in [2.05, 4.69) is 23.4 Å².